The largest absolute Gasteiger partial charge is 0.344 e. The van der Waals surface area contributed by atoms with Crippen molar-refractivity contribution >= 4 is 67.9 Å². The molecule has 0 amide bonds. The Morgan fingerprint density at radius 3 is 1.11 bits per heavy atom. The molecule has 0 aliphatic carbocycles. The van der Waals surface area contributed by atoms with Crippen LogP contribution in [0.15, 0.2) is 133 Å². The molecule has 8 aromatic rings. The van der Waals surface area contributed by atoms with Gasteiger partial charge in [0.15, 0.2) is 0 Å². The van der Waals surface area contributed by atoms with E-state index in [9.17, 15) is 0 Å². The minimum Gasteiger partial charge on any atom is -0.344 e. The van der Waals surface area contributed by atoms with E-state index in [2.05, 4.69) is 181 Å². The first-order valence-corrected chi connectivity index (χ1v) is 15.1. The Bertz CT molecular complexity index is 2210. The van der Waals surface area contributed by atoms with E-state index in [0.717, 1.165) is 0 Å². The Morgan fingerprint density at radius 1 is 0.341 bits per heavy atom. The summed E-state index contributed by atoms with van der Waals surface area (Å²) in [6, 6.07) is 48.2. The number of rotatable bonds is 5. The standard InChI is InChI=1S/C42H32N2/c1-43-39-9-5-3-7-35(39)37-25-19-31(27-41(37)43)13-11-29-15-21-33(22-16-29)34-23-17-30(18-24-34)12-14-32-20-26-38-36-8-4-6-10-40(36)44(2)42(38)28-32/h3-28H,1-2H3. The van der Waals surface area contributed by atoms with Crippen molar-refractivity contribution in [1.29, 1.82) is 0 Å². The van der Waals surface area contributed by atoms with Gasteiger partial charge in [0.2, 0.25) is 0 Å². The van der Waals surface area contributed by atoms with Crippen LogP contribution in [-0.4, -0.2) is 9.13 Å². The van der Waals surface area contributed by atoms with Crippen molar-refractivity contribution < 1.29 is 0 Å². The fourth-order valence-corrected chi connectivity index (χ4v) is 6.52. The van der Waals surface area contributed by atoms with Gasteiger partial charge in [-0.1, -0.05) is 133 Å². The summed E-state index contributed by atoms with van der Waals surface area (Å²) in [4.78, 5) is 0. The maximum Gasteiger partial charge on any atom is 0.0494 e. The van der Waals surface area contributed by atoms with Crippen LogP contribution in [0.4, 0.5) is 0 Å². The second-order valence-corrected chi connectivity index (χ2v) is 11.6. The molecule has 2 nitrogen and oxygen atoms in total. The quantitative estimate of drug-likeness (QED) is 0.184. The zero-order valence-corrected chi connectivity index (χ0v) is 24.9. The molecule has 6 aromatic carbocycles. The number of aryl methyl sites for hydroxylation is 2. The maximum atomic E-state index is 2.28. The van der Waals surface area contributed by atoms with Crippen molar-refractivity contribution in [2.45, 2.75) is 0 Å². The average Bonchev–Trinajstić information content (AvgIpc) is 3.53. The van der Waals surface area contributed by atoms with Crippen molar-refractivity contribution in [2.24, 2.45) is 14.1 Å². The molecule has 0 aliphatic rings. The number of hydrogen-bond acceptors (Lipinski definition) is 0. The third-order valence-electron chi connectivity index (χ3n) is 8.97. The van der Waals surface area contributed by atoms with E-state index in [-0.39, 0.29) is 0 Å². The van der Waals surface area contributed by atoms with E-state index >= 15 is 0 Å². The molecule has 0 fully saturated rings. The van der Waals surface area contributed by atoms with Crippen LogP contribution >= 0.6 is 0 Å². The van der Waals surface area contributed by atoms with Crippen LogP contribution in [0.3, 0.4) is 0 Å². The molecular formula is C42H32N2. The summed E-state index contributed by atoms with van der Waals surface area (Å²) < 4.78 is 4.56. The number of aromatic nitrogens is 2. The lowest BCUT2D eigenvalue weighted by atomic mass is 10.0. The minimum atomic E-state index is 1.19. The summed E-state index contributed by atoms with van der Waals surface area (Å²) in [5, 5.41) is 5.21. The van der Waals surface area contributed by atoms with Crippen LogP contribution in [-0.2, 0) is 14.1 Å². The fraction of sp³-hybridized carbons (Fsp3) is 0.0476. The predicted octanol–water partition coefficient (Wildman–Crippen LogP) is 11.0. The lowest BCUT2D eigenvalue weighted by Gasteiger charge is -2.04. The molecule has 44 heavy (non-hydrogen) atoms. The van der Waals surface area contributed by atoms with Crippen molar-refractivity contribution in [3.8, 4) is 11.1 Å². The molecule has 0 unspecified atom stereocenters. The normalized spacial score (nSPS) is 12.1. The smallest absolute Gasteiger partial charge is 0.0494 e. The van der Waals surface area contributed by atoms with Crippen LogP contribution in [0, 0.1) is 0 Å². The van der Waals surface area contributed by atoms with Gasteiger partial charge in [0.1, 0.15) is 0 Å². The SMILES string of the molecule is Cn1c2ccccc2c2ccc(C=Cc3ccc(-c4ccc(C=Cc5ccc6c7ccccc7n(C)c6c5)cc4)cc3)cc21. The molecule has 0 spiro atoms. The van der Waals surface area contributed by atoms with E-state index in [1.54, 1.807) is 0 Å². The Morgan fingerprint density at radius 2 is 0.682 bits per heavy atom. The molecule has 8 rings (SSSR count). The molecule has 0 saturated heterocycles. The zero-order chi connectivity index (χ0) is 29.6. The summed E-state index contributed by atoms with van der Waals surface area (Å²) >= 11 is 0. The Balaban J connectivity index is 0.973. The molecule has 0 bridgehead atoms. The van der Waals surface area contributed by atoms with Gasteiger partial charge in [0.05, 0.1) is 0 Å². The zero-order valence-electron chi connectivity index (χ0n) is 24.9. The van der Waals surface area contributed by atoms with Gasteiger partial charge in [-0.25, -0.2) is 0 Å². The summed E-state index contributed by atoms with van der Waals surface area (Å²) in [5.41, 5.74) is 12.3. The molecule has 0 atom stereocenters. The lowest BCUT2D eigenvalue weighted by molar-refractivity contribution is 1.01. The van der Waals surface area contributed by atoms with Crippen molar-refractivity contribution in [3.63, 3.8) is 0 Å². The molecule has 2 heterocycles. The van der Waals surface area contributed by atoms with Crippen molar-refractivity contribution in [2.75, 3.05) is 0 Å². The Hall–Kier alpha value is -5.60. The highest BCUT2D eigenvalue weighted by molar-refractivity contribution is 6.09. The highest BCUT2D eigenvalue weighted by Gasteiger charge is 2.08. The molecule has 0 radical (unpaired) electrons. The Kier molecular flexibility index (Phi) is 6.27. The van der Waals surface area contributed by atoms with Gasteiger partial charge in [-0.15, -0.1) is 0 Å². The third kappa shape index (κ3) is 4.53. The second kappa shape index (κ2) is 10.6. The lowest BCUT2D eigenvalue weighted by Crippen LogP contribution is -1.86. The van der Waals surface area contributed by atoms with Gasteiger partial charge in [-0.05, 0) is 57.6 Å². The van der Waals surface area contributed by atoms with Gasteiger partial charge in [0.25, 0.3) is 0 Å². The monoisotopic (exact) mass is 564 g/mol. The van der Waals surface area contributed by atoms with Gasteiger partial charge in [-0.2, -0.15) is 0 Å². The molecule has 0 aliphatic heterocycles. The molecule has 210 valence electrons. The number of nitrogens with zero attached hydrogens (tertiary/aromatic N) is 2. The van der Waals surface area contributed by atoms with Crippen LogP contribution < -0.4 is 0 Å². The van der Waals surface area contributed by atoms with Crippen molar-refractivity contribution in [3.05, 3.63) is 156 Å². The van der Waals surface area contributed by atoms with Crippen LogP contribution in [0.25, 0.3) is 79.0 Å². The third-order valence-corrected chi connectivity index (χ3v) is 8.97. The summed E-state index contributed by atoms with van der Waals surface area (Å²) in [7, 11) is 4.29. The number of para-hydroxylation sites is 2. The first-order chi connectivity index (χ1) is 21.6. The van der Waals surface area contributed by atoms with E-state index < -0.39 is 0 Å². The van der Waals surface area contributed by atoms with E-state index in [1.807, 2.05) is 0 Å². The Labute approximate surface area is 257 Å². The van der Waals surface area contributed by atoms with Crippen molar-refractivity contribution in [1.82, 2.24) is 9.13 Å². The fourth-order valence-electron chi connectivity index (χ4n) is 6.52. The minimum absolute atomic E-state index is 1.19. The summed E-state index contributed by atoms with van der Waals surface area (Å²) in [5.74, 6) is 0. The molecule has 2 aromatic heterocycles. The summed E-state index contributed by atoms with van der Waals surface area (Å²) in [6.07, 6.45) is 8.78. The summed E-state index contributed by atoms with van der Waals surface area (Å²) in [6.45, 7) is 0. The maximum absolute atomic E-state index is 2.28. The first kappa shape index (κ1) is 26.1. The first-order valence-electron chi connectivity index (χ1n) is 15.1. The van der Waals surface area contributed by atoms with E-state index in [4.69, 9.17) is 0 Å². The van der Waals surface area contributed by atoms with Crippen LogP contribution in [0.5, 0.6) is 0 Å². The topological polar surface area (TPSA) is 9.86 Å². The van der Waals surface area contributed by atoms with Crippen LogP contribution in [0.2, 0.25) is 0 Å². The molecular weight excluding hydrogens is 532 g/mol. The second-order valence-electron chi connectivity index (χ2n) is 11.6. The number of hydrogen-bond donors (Lipinski definition) is 0. The van der Waals surface area contributed by atoms with Gasteiger partial charge in [0, 0.05) is 57.7 Å². The van der Waals surface area contributed by atoms with Crippen LogP contribution in [0.1, 0.15) is 22.3 Å². The van der Waals surface area contributed by atoms with Gasteiger partial charge < -0.3 is 9.13 Å². The highest BCUT2D eigenvalue weighted by atomic mass is 14.9. The van der Waals surface area contributed by atoms with E-state index in [1.165, 1.54) is 77.0 Å². The van der Waals surface area contributed by atoms with Gasteiger partial charge in [-0.3, -0.25) is 0 Å². The molecule has 0 N–H and O–H groups in total. The number of benzene rings is 6. The van der Waals surface area contributed by atoms with Gasteiger partial charge >= 0.3 is 0 Å². The predicted molar refractivity (Wildman–Crippen MR) is 191 cm³/mol. The highest BCUT2D eigenvalue weighted by Crippen LogP contribution is 2.31. The van der Waals surface area contributed by atoms with E-state index in [0.29, 0.717) is 0 Å². The molecule has 0 saturated carbocycles. The average molecular weight is 565 g/mol. The number of fused-ring (bicyclic) bond motifs is 6. The molecule has 2 heteroatoms.